The van der Waals surface area contributed by atoms with Gasteiger partial charge in [-0.25, -0.2) is 4.39 Å². The number of nitrogens with one attached hydrogen (secondary N) is 2. The first kappa shape index (κ1) is 19.4. The number of rotatable bonds is 5. The van der Waals surface area contributed by atoms with Crippen molar-refractivity contribution in [1.82, 2.24) is 5.32 Å². The van der Waals surface area contributed by atoms with Gasteiger partial charge in [0.2, 0.25) is 5.91 Å². The first-order chi connectivity index (χ1) is 11.1. The van der Waals surface area contributed by atoms with Crippen LogP contribution in [0.25, 0.3) is 0 Å². The Bertz CT molecular complexity index is 679. The molecule has 0 radical (unpaired) electrons. The molecule has 8 heteroatoms. The van der Waals surface area contributed by atoms with Crippen molar-refractivity contribution in [2.24, 2.45) is 0 Å². The van der Waals surface area contributed by atoms with E-state index in [9.17, 15) is 27.2 Å². The molecule has 1 aromatic rings. The van der Waals surface area contributed by atoms with Crippen LogP contribution in [0.3, 0.4) is 0 Å². The van der Waals surface area contributed by atoms with E-state index in [1.807, 2.05) is 0 Å². The third-order valence-corrected chi connectivity index (χ3v) is 2.86. The number of alkyl halides is 3. The summed E-state index contributed by atoms with van der Waals surface area (Å²) in [5.41, 5.74) is -0.257. The van der Waals surface area contributed by atoms with Crippen LogP contribution in [0.5, 0.6) is 0 Å². The predicted molar refractivity (Wildman–Crippen MR) is 82.1 cm³/mol. The van der Waals surface area contributed by atoms with Crippen LogP contribution < -0.4 is 10.6 Å². The third kappa shape index (κ3) is 6.23. The van der Waals surface area contributed by atoms with Gasteiger partial charge in [-0.1, -0.05) is 18.2 Å². The van der Waals surface area contributed by atoms with Crippen molar-refractivity contribution in [2.45, 2.75) is 20.0 Å². The minimum absolute atomic E-state index is 0.00212. The van der Waals surface area contributed by atoms with Crippen molar-refractivity contribution in [3.8, 4) is 0 Å². The molecule has 0 aromatic heterocycles. The topological polar surface area (TPSA) is 58.2 Å². The summed E-state index contributed by atoms with van der Waals surface area (Å²) in [5, 5.41) is 4.02. The number of carbonyl (C=O) groups is 2. The van der Waals surface area contributed by atoms with E-state index in [2.05, 4.69) is 5.32 Å². The third-order valence-electron chi connectivity index (χ3n) is 2.86. The van der Waals surface area contributed by atoms with Crippen LogP contribution in [0, 0.1) is 12.7 Å². The highest BCUT2D eigenvalue weighted by Crippen LogP contribution is 2.21. The molecule has 0 spiro atoms. The Morgan fingerprint density at radius 3 is 2.46 bits per heavy atom. The van der Waals surface area contributed by atoms with Crippen LogP contribution in [0.4, 0.5) is 23.2 Å². The fourth-order valence-corrected chi connectivity index (χ4v) is 1.65. The summed E-state index contributed by atoms with van der Waals surface area (Å²) in [7, 11) is 0. The SMILES string of the molecule is C/C=C/C=C/C(=O)Nc1cc(C(=O)NCC(F)(F)F)cc(F)c1C. The fraction of sp³-hybridized carbons (Fsp3) is 0.250. The molecule has 24 heavy (non-hydrogen) atoms. The Morgan fingerprint density at radius 1 is 1.21 bits per heavy atom. The Labute approximate surface area is 136 Å². The van der Waals surface area contributed by atoms with Crippen LogP contribution in [-0.2, 0) is 4.79 Å². The van der Waals surface area contributed by atoms with Gasteiger partial charge in [0.15, 0.2) is 0 Å². The molecule has 1 aromatic carbocycles. The van der Waals surface area contributed by atoms with E-state index in [1.165, 1.54) is 19.1 Å². The number of hydrogen-bond donors (Lipinski definition) is 2. The lowest BCUT2D eigenvalue weighted by Crippen LogP contribution is -2.33. The van der Waals surface area contributed by atoms with Crippen molar-refractivity contribution in [2.75, 3.05) is 11.9 Å². The maximum atomic E-state index is 13.8. The molecular weight excluding hydrogens is 328 g/mol. The van der Waals surface area contributed by atoms with Crippen LogP contribution in [0.2, 0.25) is 0 Å². The summed E-state index contributed by atoms with van der Waals surface area (Å²) in [6, 6.07) is 1.93. The number of allylic oxidation sites excluding steroid dienone is 3. The summed E-state index contributed by atoms with van der Waals surface area (Å²) >= 11 is 0. The lowest BCUT2D eigenvalue weighted by Gasteiger charge is -2.12. The number of amides is 2. The molecule has 2 amide bonds. The maximum absolute atomic E-state index is 13.8. The zero-order valence-corrected chi connectivity index (χ0v) is 13.0. The molecule has 0 heterocycles. The summed E-state index contributed by atoms with van der Waals surface area (Å²) in [6.07, 6.45) is 1.37. The van der Waals surface area contributed by atoms with Crippen molar-refractivity contribution in [3.05, 3.63) is 53.4 Å². The van der Waals surface area contributed by atoms with Gasteiger partial charge in [-0.3, -0.25) is 9.59 Å². The highest BCUT2D eigenvalue weighted by atomic mass is 19.4. The van der Waals surface area contributed by atoms with E-state index in [0.717, 1.165) is 12.1 Å². The minimum Gasteiger partial charge on any atom is -0.343 e. The maximum Gasteiger partial charge on any atom is 0.405 e. The normalized spacial score (nSPS) is 11.9. The smallest absolute Gasteiger partial charge is 0.343 e. The molecule has 0 aliphatic rings. The summed E-state index contributed by atoms with van der Waals surface area (Å²) in [4.78, 5) is 23.4. The van der Waals surface area contributed by atoms with Gasteiger partial charge in [0.05, 0.1) is 0 Å². The molecule has 0 saturated carbocycles. The highest BCUT2D eigenvalue weighted by Gasteiger charge is 2.28. The van der Waals surface area contributed by atoms with E-state index in [-0.39, 0.29) is 16.8 Å². The lowest BCUT2D eigenvalue weighted by molar-refractivity contribution is -0.123. The summed E-state index contributed by atoms with van der Waals surface area (Å²) in [6.45, 7) is 1.60. The quantitative estimate of drug-likeness (QED) is 0.488. The van der Waals surface area contributed by atoms with Crippen LogP contribution in [-0.4, -0.2) is 24.5 Å². The number of benzene rings is 1. The molecular formula is C16H16F4N2O2. The Balaban J connectivity index is 2.96. The Hall–Kier alpha value is -2.64. The van der Waals surface area contributed by atoms with E-state index in [1.54, 1.807) is 24.4 Å². The van der Waals surface area contributed by atoms with Gasteiger partial charge in [0.25, 0.3) is 5.91 Å². The number of halogens is 4. The van der Waals surface area contributed by atoms with E-state index in [4.69, 9.17) is 0 Å². The van der Waals surface area contributed by atoms with E-state index in [0.29, 0.717) is 0 Å². The predicted octanol–water partition coefficient (Wildman–Crippen LogP) is 3.50. The first-order valence-electron chi connectivity index (χ1n) is 6.89. The Morgan fingerprint density at radius 2 is 1.88 bits per heavy atom. The molecule has 0 unspecified atom stereocenters. The van der Waals surface area contributed by atoms with Crippen molar-refractivity contribution < 1.29 is 27.2 Å². The second-order valence-corrected chi connectivity index (χ2v) is 4.80. The molecule has 0 bridgehead atoms. The zero-order valence-electron chi connectivity index (χ0n) is 13.0. The van der Waals surface area contributed by atoms with Gasteiger partial charge in [0, 0.05) is 22.9 Å². The fourth-order valence-electron chi connectivity index (χ4n) is 1.65. The molecule has 0 atom stereocenters. The summed E-state index contributed by atoms with van der Waals surface area (Å²) in [5.74, 6) is -2.47. The molecule has 0 fully saturated rings. The largest absolute Gasteiger partial charge is 0.405 e. The van der Waals surface area contributed by atoms with Crippen molar-refractivity contribution >= 4 is 17.5 Å². The van der Waals surface area contributed by atoms with E-state index < -0.39 is 30.4 Å². The number of anilines is 1. The molecule has 0 aliphatic heterocycles. The Kier molecular flexibility index (Phi) is 6.69. The van der Waals surface area contributed by atoms with Crippen molar-refractivity contribution in [3.63, 3.8) is 0 Å². The van der Waals surface area contributed by atoms with Gasteiger partial charge < -0.3 is 10.6 Å². The monoisotopic (exact) mass is 344 g/mol. The van der Waals surface area contributed by atoms with Gasteiger partial charge >= 0.3 is 6.18 Å². The standard InChI is InChI=1S/C16H16F4N2O2/c1-3-4-5-6-14(23)22-13-8-11(7-12(17)10(13)2)15(24)21-9-16(18,19)20/h3-8H,9H2,1-2H3,(H,21,24)(H,22,23)/b4-3+,6-5+. The summed E-state index contributed by atoms with van der Waals surface area (Å²) < 4.78 is 50.2. The molecule has 1 rings (SSSR count). The molecule has 2 N–H and O–H groups in total. The van der Waals surface area contributed by atoms with Gasteiger partial charge in [0.1, 0.15) is 12.4 Å². The van der Waals surface area contributed by atoms with Crippen LogP contribution in [0.15, 0.2) is 36.4 Å². The molecule has 130 valence electrons. The number of hydrogen-bond acceptors (Lipinski definition) is 2. The van der Waals surface area contributed by atoms with Crippen LogP contribution in [0.1, 0.15) is 22.8 Å². The van der Waals surface area contributed by atoms with Crippen molar-refractivity contribution in [1.29, 1.82) is 0 Å². The minimum atomic E-state index is -4.58. The second kappa shape index (κ2) is 8.28. The van der Waals surface area contributed by atoms with Gasteiger partial charge in [-0.15, -0.1) is 0 Å². The van der Waals surface area contributed by atoms with Gasteiger partial charge in [-0.05, 0) is 26.0 Å². The zero-order chi connectivity index (χ0) is 18.3. The molecule has 0 aliphatic carbocycles. The van der Waals surface area contributed by atoms with Crippen LogP contribution >= 0.6 is 0 Å². The average molecular weight is 344 g/mol. The first-order valence-corrected chi connectivity index (χ1v) is 6.89. The van der Waals surface area contributed by atoms with Gasteiger partial charge in [-0.2, -0.15) is 13.2 Å². The molecule has 4 nitrogen and oxygen atoms in total. The molecule has 0 saturated heterocycles. The highest BCUT2D eigenvalue weighted by molar-refractivity contribution is 6.01. The lowest BCUT2D eigenvalue weighted by atomic mass is 10.1. The average Bonchev–Trinajstić information content (AvgIpc) is 2.48. The second-order valence-electron chi connectivity index (χ2n) is 4.80. The number of carbonyl (C=O) groups excluding carboxylic acids is 2. The van der Waals surface area contributed by atoms with E-state index >= 15 is 0 Å².